The van der Waals surface area contributed by atoms with Gasteiger partial charge in [-0.3, -0.25) is 9.59 Å². The zero-order valence-corrected chi connectivity index (χ0v) is 18.5. The van der Waals surface area contributed by atoms with E-state index < -0.39 is 6.04 Å². The van der Waals surface area contributed by atoms with Crippen LogP contribution in [0.2, 0.25) is 10.0 Å². The van der Waals surface area contributed by atoms with Crippen LogP contribution < -0.4 is 5.32 Å². The van der Waals surface area contributed by atoms with Crippen molar-refractivity contribution < 1.29 is 9.59 Å². The van der Waals surface area contributed by atoms with E-state index in [0.717, 1.165) is 21.9 Å². The van der Waals surface area contributed by atoms with Crippen LogP contribution in [0.25, 0.3) is 10.8 Å². The summed E-state index contributed by atoms with van der Waals surface area (Å²) in [5.41, 5.74) is 1.86. The molecule has 3 rings (SSSR count). The van der Waals surface area contributed by atoms with E-state index in [1.165, 1.54) is 0 Å². The second-order valence-corrected chi connectivity index (χ2v) is 8.03. The average Bonchev–Trinajstić information content (AvgIpc) is 2.75. The minimum Gasteiger partial charge on any atom is -0.357 e. The number of nitrogens with zero attached hydrogens (tertiary/aromatic N) is 1. The second kappa shape index (κ2) is 9.96. The molecule has 0 fully saturated rings. The molecule has 156 valence electrons. The minimum atomic E-state index is -0.623. The van der Waals surface area contributed by atoms with E-state index in [-0.39, 0.29) is 18.4 Å². The number of aryl methyl sites for hydroxylation is 1. The molecule has 0 aliphatic rings. The van der Waals surface area contributed by atoms with Crippen LogP contribution in [-0.2, 0) is 22.6 Å². The van der Waals surface area contributed by atoms with Crippen molar-refractivity contribution in [2.24, 2.45) is 0 Å². The Labute approximate surface area is 186 Å². The van der Waals surface area contributed by atoms with Crippen molar-refractivity contribution >= 4 is 45.8 Å². The number of likely N-dealkylation sites (N-methyl/N-ethyl adjacent to an activating group) is 1. The van der Waals surface area contributed by atoms with Crippen LogP contribution in [0.5, 0.6) is 0 Å². The molecule has 0 saturated heterocycles. The van der Waals surface area contributed by atoms with Crippen LogP contribution in [0.4, 0.5) is 0 Å². The van der Waals surface area contributed by atoms with Gasteiger partial charge in [-0.25, -0.2) is 0 Å². The third-order valence-corrected chi connectivity index (χ3v) is 5.84. The molecular formula is C24H24Cl2N2O2. The van der Waals surface area contributed by atoms with Gasteiger partial charge in [-0.05, 0) is 47.4 Å². The molecule has 4 nitrogen and oxygen atoms in total. The van der Waals surface area contributed by atoms with E-state index in [9.17, 15) is 9.59 Å². The van der Waals surface area contributed by atoms with Crippen molar-refractivity contribution in [3.8, 4) is 0 Å². The zero-order valence-electron chi connectivity index (χ0n) is 17.0. The number of benzene rings is 3. The minimum absolute atomic E-state index is 0.106. The number of nitrogens with one attached hydrogen (secondary N) is 1. The number of halogens is 2. The Morgan fingerprint density at radius 1 is 1.00 bits per heavy atom. The molecule has 0 aromatic heterocycles. The molecule has 1 N–H and O–H groups in total. The fourth-order valence-corrected chi connectivity index (χ4v) is 3.99. The Morgan fingerprint density at radius 3 is 2.47 bits per heavy atom. The van der Waals surface area contributed by atoms with Crippen LogP contribution >= 0.6 is 23.2 Å². The lowest BCUT2D eigenvalue weighted by Gasteiger charge is -2.29. The predicted molar refractivity (Wildman–Crippen MR) is 123 cm³/mol. The molecule has 0 bridgehead atoms. The normalized spacial score (nSPS) is 11.9. The summed E-state index contributed by atoms with van der Waals surface area (Å²) in [4.78, 5) is 27.0. The van der Waals surface area contributed by atoms with Gasteiger partial charge >= 0.3 is 0 Å². The predicted octanol–water partition coefficient (Wildman–Crippen LogP) is 5.24. The van der Waals surface area contributed by atoms with Gasteiger partial charge in [0.1, 0.15) is 6.04 Å². The highest BCUT2D eigenvalue weighted by Gasteiger charge is 2.26. The number of amides is 2. The molecule has 0 radical (unpaired) electrons. The van der Waals surface area contributed by atoms with E-state index in [1.54, 1.807) is 37.1 Å². The molecule has 0 aliphatic carbocycles. The van der Waals surface area contributed by atoms with Gasteiger partial charge in [0.05, 0.1) is 0 Å². The van der Waals surface area contributed by atoms with Crippen LogP contribution in [0.15, 0.2) is 60.7 Å². The van der Waals surface area contributed by atoms with Crippen molar-refractivity contribution in [2.75, 3.05) is 7.05 Å². The molecule has 1 atom stereocenters. The van der Waals surface area contributed by atoms with Crippen LogP contribution in [0.1, 0.15) is 24.5 Å². The van der Waals surface area contributed by atoms with E-state index in [1.807, 2.05) is 24.3 Å². The summed E-state index contributed by atoms with van der Waals surface area (Å²) in [5.74, 6) is -0.330. The maximum absolute atomic E-state index is 13.2. The Kier molecular flexibility index (Phi) is 7.35. The molecule has 0 saturated carbocycles. The molecule has 1 unspecified atom stereocenters. The molecule has 3 aromatic carbocycles. The van der Waals surface area contributed by atoms with Gasteiger partial charge in [0, 0.05) is 30.1 Å². The van der Waals surface area contributed by atoms with Gasteiger partial charge in [0.15, 0.2) is 0 Å². The van der Waals surface area contributed by atoms with Crippen LogP contribution in [0, 0.1) is 0 Å². The quantitative estimate of drug-likeness (QED) is 0.543. The van der Waals surface area contributed by atoms with Crippen LogP contribution in [0.3, 0.4) is 0 Å². The fraction of sp³-hybridized carbons (Fsp3) is 0.250. The first kappa shape index (κ1) is 22.1. The van der Waals surface area contributed by atoms with Crippen molar-refractivity contribution in [1.29, 1.82) is 0 Å². The highest BCUT2D eigenvalue weighted by Crippen LogP contribution is 2.24. The number of hydrogen-bond donors (Lipinski definition) is 1. The van der Waals surface area contributed by atoms with Crippen molar-refractivity contribution in [2.45, 2.75) is 32.4 Å². The number of carbonyl (C=O) groups is 2. The number of rotatable bonds is 7. The molecule has 0 spiro atoms. The first-order chi connectivity index (χ1) is 14.4. The first-order valence-electron chi connectivity index (χ1n) is 9.82. The first-order valence-corrected chi connectivity index (χ1v) is 10.6. The van der Waals surface area contributed by atoms with Gasteiger partial charge in [-0.15, -0.1) is 0 Å². The third-order valence-electron chi connectivity index (χ3n) is 5.26. The molecule has 0 aliphatic heterocycles. The van der Waals surface area contributed by atoms with E-state index >= 15 is 0 Å². The van der Waals surface area contributed by atoms with Crippen molar-refractivity contribution in [3.63, 3.8) is 0 Å². The highest BCUT2D eigenvalue weighted by atomic mass is 35.5. The Balaban J connectivity index is 1.81. The summed E-state index contributed by atoms with van der Waals surface area (Å²) in [6.45, 7) is 1.96. The largest absolute Gasteiger partial charge is 0.357 e. The lowest BCUT2D eigenvalue weighted by atomic mass is 10.0. The summed E-state index contributed by atoms with van der Waals surface area (Å²) in [5, 5.41) is 5.90. The monoisotopic (exact) mass is 442 g/mol. The highest BCUT2D eigenvalue weighted by molar-refractivity contribution is 6.35. The Hall–Kier alpha value is -2.56. The van der Waals surface area contributed by atoms with Gasteiger partial charge in [0.2, 0.25) is 11.8 Å². The maximum Gasteiger partial charge on any atom is 0.242 e. The Morgan fingerprint density at radius 2 is 1.73 bits per heavy atom. The van der Waals surface area contributed by atoms with Crippen molar-refractivity contribution in [3.05, 3.63) is 81.8 Å². The fourth-order valence-electron chi connectivity index (χ4n) is 3.52. The zero-order chi connectivity index (χ0) is 21.7. The lowest BCUT2D eigenvalue weighted by molar-refractivity contribution is -0.140. The van der Waals surface area contributed by atoms with Gasteiger partial charge in [0.25, 0.3) is 0 Å². The maximum atomic E-state index is 13.2. The summed E-state index contributed by atoms with van der Waals surface area (Å²) in [6.07, 6.45) is 0.881. The number of carbonyl (C=O) groups excluding carboxylic acids is 2. The van der Waals surface area contributed by atoms with E-state index in [0.29, 0.717) is 22.9 Å². The third kappa shape index (κ3) is 5.13. The summed E-state index contributed by atoms with van der Waals surface area (Å²) in [7, 11) is 1.56. The van der Waals surface area contributed by atoms with Crippen molar-refractivity contribution in [1.82, 2.24) is 10.2 Å². The SMILES string of the molecule is CNC(=O)C(C)N(Cc1ccc(Cl)cc1Cl)C(=O)CCc1cccc2ccccc12. The molecular weight excluding hydrogens is 419 g/mol. The number of hydrogen-bond acceptors (Lipinski definition) is 2. The molecule has 2 amide bonds. The number of fused-ring (bicyclic) bond motifs is 1. The summed E-state index contributed by atoms with van der Waals surface area (Å²) >= 11 is 12.3. The van der Waals surface area contributed by atoms with Gasteiger partial charge in [-0.2, -0.15) is 0 Å². The van der Waals surface area contributed by atoms with Crippen LogP contribution in [-0.4, -0.2) is 29.8 Å². The molecule has 30 heavy (non-hydrogen) atoms. The van der Waals surface area contributed by atoms with Gasteiger partial charge < -0.3 is 10.2 Å². The Bertz CT molecular complexity index is 1060. The lowest BCUT2D eigenvalue weighted by Crippen LogP contribution is -2.46. The van der Waals surface area contributed by atoms with E-state index in [4.69, 9.17) is 23.2 Å². The van der Waals surface area contributed by atoms with E-state index in [2.05, 4.69) is 23.5 Å². The molecule has 6 heteroatoms. The smallest absolute Gasteiger partial charge is 0.242 e. The molecule has 3 aromatic rings. The second-order valence-electron chi connectivity index (χ2n) is 7.19. The topological polar surface area (TPSA) is 49.4 Å². The molecule has 0 heterocycles. The summed E-state index contributed by atoms with van der Waals surface area (Å²) in [6, 6.07) is 18.7. The summed E-state index contributed by atoms with van der Waals surface area (Å²) < 4.78 is 0. The average molecular weight is 443 g/mol. The van der Waals surface area contributed by atoms with Gasteiger partial charge in [-0.1, -0.05) is 71.7 Å². The standard InChI is InChI=1S/C24H24Cl2N2O2/c1-16(24(30)27-2)28(15-19-10-12-20(25)14-22(19)26)23(29)13-11-18-8-5-7-17-6-3-4-9-21(17)18/h3-10,12,14,16H,11,13,15H2,1-2H3,(H,27,30).